The summed E-state index contributed by atoms with van der Waals surface area (Å²) in [6, 6.07) is 4.02. The number of aromatic nitrogens is 2. The molecule has 2 aromatic rings. The molecule has 1 fully saturated rings. The van der Waals surface area contributed by atoms with Gasteiger partial charge in [-0.25, -0.2) is 0 Å². The highest BCUT2D eigenvalue weighted by atomic mass is 16.6. The van der Waals surface area contributed by atoms with Crippen molar-refractivity contribution in [2.45, 2.75) is 24.9 Å². The first-order valence-electron chi connectivity index (χ1n) is 7.20. The lowest BCUT2D eigenvalue weighted by atomic mass is 9.83. The van der Waals surface area contributed by atoms with Crippen LogP contribution in [0.2, 0.25) is 0 Å². The molecule has 2 aliphatic rings. The van der Waals surface area contributed by atoms with Crippen LogP contribution in [0.4, 0.5) is 0 Å². The van der Waals surface area contributed by atoms with Gasteiger partial charge in [0, 0.05) is 18.0 Å². The van der Waals surface area contributed by atoms with Crippen molar-refractivity contribution in [3.05, 3.63) is 36.2 Å². The molecule has 0 amide bonds. The maximum Gasteiger partial charge on any atom is 0.0953 e. The third-order valence-electron chi connectivity index (χ3n) is 4.35. The number of pyridine rings is 1. The van der Waals surface area contributed by atoms with E-state index >= 15 is 0 Å². The van der Waals surface area contributed by atoms with Crippen molar-refractivity contribution in [2.24, 2.45) is 0 Å². The van der Waals surface area contributed by atoms with Crippen LogP contribution in [-0.4, -0.2) is 35.4 Å². The van der Waals surface area contributed by atoms with Crippen LogP contribution < -0.4 is 0 Å². The molecule has 1 atom stereocenters. The Morgan fingerprint density at radius 3 is 3.10 bits per heavy atom. The molecule has 4 heteroatoms. The van der Waals surface area contributed by atoms with Gasteiger partial charge in [-0.2, -0.15) is 0 Å². The molecule has 1 aliphatic carbocycles. The minimum absolute atomic E-state index is 0.0821. The van der Waals surface area contributed by atoms with Gasteiger partial charge in [-0.1, -0.05) is 6.08 Å². The molecule has 0 aromatic carbocycles. The molecule has 4 rings (SSSR count). The number of nitrogens with one attached hydrogen (secondary N) is 1. The summed E-state index contributed by atoms with van der Waals surface area (Å²) >= 11 is 0. The van der Waals surface area contributed by atoms with E-state index in [2.05, 4.69) is 28.3 Å². The summed E-state index contributed by atoms with van der Waals surface area (Å²) in [5.74, 6) is 0. The molecular weight excluding hydrogens is 252 g/mol. The second-order valence-corrected chi connectivity index (χ2v) is 5.62. The monoisotopic (exact) mass is 270 g/mol. The fourth-order valence-corrected chi connectivity index (χ4v) is 3.20. The average molecular weight is 270 g/mol. The highest BCUT2D eigenvalue weighted by Crippen LogP contribution is 2.38. The van der Waals surface area contributed by atoms with Crippen LogP contribution in [0.3, 0.4) is 0 Å². The fraction of sp³-hybridized carbons (Fsp3) is 0.438. The quantitative estimate of drug-likeness (QED) is 0.866. The van der Waals surface area contributed by atoms with Crippen LogP contribution in [0.5, 0.6) is 0 Å². The lowest BCUT2D eigenvalue weighted by Gasteiger charge is -2.39. The first-order valence-corrected chi connectivity index (χ1v) is 7.20. The first kappa shape index (κ1) is 12.1. The van der Waals surface area contributed by atoms with E-state index < -0.39 is 0 Å². The Bertz CT molecular complexity index is 653. The molecule has 104 valence electrons. The highest BCUT2D eigenvalue weighted by Gasteiger charge is 2.35. The number of nitrogens with zero attached hydrogens (tertiary/aromatic N) is 1. The molecule has 1 saturated heterocycles. The second-order valence-electron chi connectivity index (χ2n) is 5.62. The van der Waals surface area contributed by atoms with Gasteiger partial charge < -0.3 is 14.5 Å². The molecule has 0 bridgehead atoms. The Labute approximate surface area is 117 Å². The summed E-state index contributed by atoms with van der Waals surface area (Å²) in [4.78, 5) is 7.79. The van der Waals surface area contributed by atoms with Crippen LogP contribution in [0.15, 0.2) is 30.6 Å². The summed E-state index contributed by atoms with van der Waals surface area (Å²) in [7, 11) is 0. The van der Waals surface area contributed by atoms with Crippen molar-refractivity contribution >= 4 is 16.6 Å². The SMILES string of the molecule is C1=C(c2c[nH]c3cccnc23)CCC2(C1)COCCO2. The summed E-state index contributed by atoms with van der Waals surface area (Å²) in [5.41, 5.74) is 4.68. The van der Waals surface area contributed by atoms with Gasteiger partial charge in [0.25, 0.3) is 0 Å². The van der Waals surface area contributed by atoms with Gasteiger partial charge in [0.15, 0.2) is 0 Å². The van der Waals surface area contributed by atoms with Crippen LogP contribution >= 0.6 is 0 Å². The summed E-state index contributed by atoms with van der Waals surface area (Å²) in [5, 5.41) is 0. The largest absolute Gasteiger partial charge is 0.376 e. The maximum absolute atomic E-state index is 5.97. The lowest BCUT2D eigenvalue weighted by Crippen LogP contribution is -2.44. The minimum atomic E-state index is -0.0821. The molecule has 2 aromatic heterocycles. The van der Waals surface area contributed by atoms with E-state index in [-0.39, 0.29) is 5.60 Å². The van der Waals surface area contributed by atoms with Gasteiger partial charge in [0.05, 0.1) is 36.5 Å². The van der Waals surface area contributed by atoms with Gasteiger partial charge in [0.2, 0.25) is 0 Å². The summed E-state index contributed by atoms with van der Waals surface area (Å²) in [6.45, 7) is 2.17. The van der Waals surface area contributed by atoms with Gasteiger partial charge in [-0.05, 0) is 37.0 Å². The molecule has 0 saturated carbocycles. The Kier molecular flexibility index (Phi) is 2.86. The van der Waals surface area contributed by atoms with Crippen molar-refractivity contribution in [3.8, 4) is 0 Å². The number of aromatic amines is 1. The number of H-pyrrole nitrogens is 1. The maximum atomic E-state index is 5.97. The predicted octanol–water partition coefficient (Wildman–Crippen LogP) is 2.92. The normalized spacial score (nSPS) is 26.9. The van der Waals surface area contributed by atoms with Crippen LogP contribution in [0.25, 0.3) is 16.6 Å². The van der Waals surface area contributed by atoms with Crippen molar-refractivity contribution in [3.63, 3.8) is 0 Å². The smallest absolute Gasteiger partial charge is 0.0953 e. The zero-order valence-electron chi connectivity index (χ0n) is 11.4. The second kappa shape index (κ2) is 4.72. The zero-order valence-corrected chi connectivity index (χ0v) is 11.4. The van der Waals surface area contributed by atoms with Gasteiger partial charge in [-0.3, -0.25) is 4.98 Å². The number of rotatable bonds is 1. The molecule has 1 unspecified atom stereocenters. The third kappa shape index (κ3) is 1.96. The molecule has 20 heavy (non-hydrogen) atoms. The van der Waals surface area contributed by atoms with Crippen molar-refractivity contribution in [1.29, 1.82) is 0 Å². The Morgan fingerprint density at radius 1 is 1.30 bits per heavy atom. The van der Waals surface area contributed by atoms with Gasteiger partial charge in [0.1, 0.15) is 0 Å². The molecule has 0 radical (unpaired) electrons. The molecular formula is C16H18N2O2. The standard InChI is InChI=1S/C16H18N2O2/c1-2-14-15(17-7-1)13(10-18-14)12-3-5-16(6-4-12)11-19-8-9-20-16/h1-3,7,10,18H,4-6,8-9,11H2. The van der Waals surface area contributed by atoms with E-state index in [1.807, 2.05) is 12.3 Å². The number of allylic oxidation sites excluding steroid dienone is 1. The average Bonchev–Trinajstić information content (AvgIpc) is 2.93. The van der Waals surface area contributed by atoms with Gasteiger partial charge >= 0.3 is 0 Å². The Morgan fingerprint density at radius 2 is 2.30 bits per heavy atom. The minimum Gasteiger partial charge on any atom is -0.376 e. The Hall–Kier alpha value is -1.65. The van der Waals surface area contributed by atoms with E-state index in [1.165, 1.54) is 11.1 Å². The van der Waals surface area contributed by atoms with E-state index in [9.17, 15) is 0 Å². The zero-order chi connectivity index (χ0) is 13.4. The number of hydrogen-bond acceptors (Lipinski definition) is 3. The summed E-state index contributed by atoms with van der Waals surface area (Å²) < 4.78 is 11.6. The summed E-state index contributed by atoms with van der Waals surface area (Å²) in [6.07, 6.45) is 9.20. The topological polar surface area (TPSA) is 47.1 Å². The fourth-order valence-electron chi connectivity index (χ4n) is 3.20. The van der Waals surface area contributed by atoms with Crippen molar-refractivity contribution in [1.82, 2.24) is 9.97 Å². The third-order valence-corrected chi connectivity index (χ3v) is 4.35. The molecule has 3 heterocycles. The van der Waals surface area contributed by atoms with E-state index in [1.54, 1.807) is 0 Å². The van der Waals surface area contributed by atoms with Gasteiger partial charge in [-0.15, -0.1) is 0 Å². The van der Waals surface area contributed by atoms with E-state index in [0.29, 0.717) is 0 Å². The van der Waals surface area contributed by atoms with E-state index in [0.717, 1.165) is 50.1 Å². The number of fused-ring (bicyclic) bond motifs is 1. The molecule has 1 aliphatic heterocycles. The van der Waals surface area contributed by atoms with Crippen molar-refractivity contribution < 1.29 is 9.47 Å². The first-order chi connectivity index (χ1) is 9.86. The van der Waals surface area contributed by atoms with Crippen LogP contribution in [0, 0.1) is 0 Å². The lowest BCUT2D eigenvalue weighted by molar-refractivity contribution is -0.159. The van der Waals surface area contributed by atoms with E-state index in [4.69, 9.17) is 9.47 Å². The number of hydrogen-bond donors (Lipinski definition) is 1. The molecule has 1 spiro atoms. The molecule has 4 nitrogen and oxygen atoms in total. The molecule has 1 N–H and O–H groups in total. The number of ether oxygens (including phenoxy) is 2. The van der Waals surface area contributed by atoms with Crippen molar-refractivity contribution in [2.75, 3.05) is 19.8 Å². The van der Waals surface area contributed by atoms with Crippen LogP contribution in [0.1, 0.15) is 24.8 Å². The Balaban J connectivity index is 1.64. The van der Waals surface area contributed by atoms with Crippen LogP contribution in [-0.2, 0) is 9.47 Å². The highest BCUT2D eigenvalue weighted by molar-refractivity contribution is 5.89. The predicted molar refractivity (Wildman–Crippen MR) is 77.4 cm³/mol.